The van der Waals surface area contributed by atoms with Crippen LogP contribution in [0.15, 0.2) is 41.5 Å². The van der Waals surface area contributed by atoms with Gasteiger partial charge in [0.15, 0.2) is 5.82 Å². The van der Waals surface area contributed by atoms with Crippen LogP contribution in [-0.4, -0.2) is 55.4 Å². The van der Waals surface area contributed by atoms with Crippen LogP contribution < -0.4 is 11.3 Å². The van der Waals surface area contributed by atoms with Gasteiger partial charge in [-0.25, -0.2) is 19.0 Å². The lowest BCUT2D eigenvalue weighted by Crippen LogP contribution is -2.35. The third-order valence-electron chi connectivity index (χ3n) is 6.33. The van der Waals surface area contributed by atoms with Gasteiger partial charge in [0.1, 0.15) is 12.0 Å². The van der Waals surface area contributed by atoms with Gasteiger partial charge in [-0.2, -0.15) is 5.10 Å². The van der Waals surface area contributed by atoms with E-state index in [1.165, 1.54) is 6.07 Å². The van der Waals surface area contributed by atoms with Crippen molar-refractivity contribution in [2.75, 3.05) is 25.4 Å². The second-order valence-corrected chi connectivity index (χ2v) is 9.49. The normalized spacial score (nSPS) is 16.1. The molecule has 0 spiro atoms. The van der Waals surface area contributed by atoms with Crippen LogP contribution in [0.3, 0.4) is 0 Å². The van der Waals surface area contributed by atoms with Gasteiger partial charge in [-0.1, -0.05) is 24.6 Å². The molecule has 3 aromatic heterocycles. The maximum Gasteiger partial charge on any atom is 0.258 e. The minimum absolute atomic E-state index is 0.246. The molecule has 190 valence electrons. The molecule has 0 amide bonds. The van der Waals surface area contributed by atoms with Gasteiger partial charge in [-0.05, 0) is 69.1 Å². The largest absolute Gasteiger partial charge is 0.397 e. The van der Waals surface area contributed by atoms with Crippen molar-refractivity contribution in [3.8, 4) is 5.82 Å². The Morgan fingerprint density at radius 2 is 2.08 bits per heavy atom. The average molecular weight is 512 g/mol. The fourth-order valence-corrected chi connectivity index (χ4v) is 4.27. The highest BCUT2D eigenvalue weighted by molar-refractivity contribution is 6.33. The molecule has 1 aromatic carbocycles. The lowest BCUT2D eigenvalue weighted by molar-refractivity contribution is 0.144. The monoisotopic (exact) mass is 511 g/mol. The third kappa shape index (κ3) is 6.09. The Hall–Kier alpha value is -3.30. The average Bonchev–Trinajstić information content (AvgIpc) is 3.19. The van der Waals surface area contributed by atoms with Gasteiger partial charge in [0.05, 0.1) is 27.3 Å². The topological polar surface area (TPSA) is 106 Å². The van der Waals surface area contributed by atoms with Crippen molar-refractivity contribution in [2.45, 2.75) is 46.2 Å². The number of alkyl halides is 1. The number of nitrogens with zero attached hydrogens (tertiary/aromatic N) is 5. The summed E-state index contributed by atoms with van der Waals surface area (Å²) in [4.78, 5) is 26.2. The number of hydrogen-bond donors (Lipinski definition) is 2. The SMILES string of the molecule is CCN1CCCC(F)C1.Cc1cn(-c2ccc(Cc3nc4cc(N)c(Cl)cc4c(=O)[nH]3)cn2)nc1C. The zero-order valence-electron chi connectivity index (χ0n) is 20.8. The number of aromatic amines is 1. The molecule has 0 bridgehead atoms. The number of nitrogens with two attached hydrogens (primary N) is 1. The summed E-state index contributed by atoms with van der Waals surface area (Å²) in [7, 11) is 0. The van der Waals surface area contributed by atoms with Crippen molar-refractivity contribution in [1.82, 2.24) is 29.6 Å². The van der Waals surface area contributed by atoms with Gasteiger partial charge >= 0.3 is 0 Å². The van der Waals surface area contributed by atoms with Crippen molar-refractivity contribution in [2.24, 2.45) is 0 Å². The molecule has 1 saturated heterocycles. The molecule has 1 unspecified atom stereocenters. The molecule has 8 nitrogen and oxygen atoms in total. The van der Waals surface area contributed by atoms with E-state index in [9.17, 15) is 9.18 Å². The standard InChI is InChI=1S/C19H17ClN6O.C7H14FN/c1-10-9-26(25-11(10)2)18-4-3-12(8-22-18)5-17-23-16-7-15(21)14(20)6-13(16)19(27)24-17;1-2-9-5-3-4-7(8)6-9/h3-4,6-9H,5,21H2,1-2H3,(H,23,24,27);7H,2-6H2,1H3. The lowest BCUT2D eigenvalue weighted by Gasteiger charge is -2.27. The number of likely N-dealkylation sites (tertiary alicyclic amines) is 1. The molecule has 1 aliphatic rings. The van der Waals surface area contributed by atoms with Crippen LogP contribution in [0, 0.1) is 13.8 Å². The Morgan fingerprint density at radius 3 is 2.69 bits per heavy atom. The molecule has 1 atom stereocenters. The molecule has 1 aliphatic heterocycles. The number of aromatic nitrogens is 5. The zero-order valence-corrected chi connectivity index (χ0v) is 21.5. The fraction of sp³-hybridized carbons (Fsp3) is 0.385. The highest BCUT2D eigenvalue weighted by Gasteiger charge is 2.16. The van der Waals surface area contributed by atoms with Crippen LogP contribution in [0.4, 0.5) is 10.1 Å². The van der Waals surface area contributed by atoms with Crippen LogP contribution in [0.5, 0.6) is 0 Å². The van der Waals surface area contributed by atoms with Gasteiger partial charge in [0, 0.05) is 25.4 Å². The molecule has 0 aliphatic carbocycles. The van der Waals surface area contributed by atoms with Crippen molar-refractivity contribution in [3.05, 3.63) is 74.7 Å². The summed E-state index contributed by atoms with van der Waals surface area (Å²) in [6.07, 6.45) is 5.39. The Morgan fingerprint density at radius 1 is 1.28 bits per heavy atom. The lowest BCUT2D eigenvalue weighted by atomic mass is 10.1. The number of nitrogens with one attached hydrogen (secondary N) is 1. The van der Waals surface area contributed by atoms with Crippen LogP contribution in [-0.2, 0) is 6.42 Å². The summed E-state index contributed by atoms with van der Waals surface area (Å²) in [5.41, 5.74) is 9.48. The number of H-pyrrole nitrogens is 1. The first kappa shape index (κ1) is 25.8. The molecule has 36 heavy (non-hydrogen) atoms. The number of benzene rings is 1. The van der Waals surface area contributed by atoms with Gasteiger partial charge in [0.2, 0.25) is 0 Å². The van der Waals surface area contributed by atoms with E-state index in [2.05, 4.69) is 31.9 Å². The van der Waals surface area contributed by atoms with E-state index in [1.807, 2.05) is 32.2 Å². The third-order valence-corrected chi connectivity index (χ3v) is 6.66. The van der Waals surface area contributed by atoms with Crippen molar-refractivity contribution < 1.29 is 4.39 Å². The summed E-state index contributed by atoms with van der Waals surface area (Å²) >= 11 is 5.98. The summed E-state index contributed by atoms with van der Waals surface area (Å²) in [6.45, 7) is 8.81. The molecular formula is C26H31ClFN7O. The van der Waals surface area contributed by atoms with E-state index in [-0.39, 0.29) is 5.56 Å². The first-order chi connectivity index (χ1) is 17.2. The molecule has 5 rings (SSSR count). The predicted molar refractivity (Wildman–Crippen MR) is 142 cm³/mol. The van der Waals surface area contributed by atoms with Gasteiger partial charge in [-0.15, -0.1) is 0 Å². The zero-order chi connectivity index (χ0) is 25.8. The molecule has 4 heterocycles. The van der Waals surface area contributed by atoms with E-state index in [0.29, 0.717) is 40.4 Å². The first-order valence-electron chi connectivity index (χ1n) is 12.1. The minimum Gasteiger partial charge on any atom is -0.397 e. The Bertz CT molecular complexity index is 1380. The van der Waals surface area contributed by atoms with Gasteiger partial charge < -0.3 is 15.6 Å². The molecular weight excluding hydrogens is 481 g/mol. The quantitative estimate of drug-likeness (QED) is 0.394. The maximum absolute atomic E-state index is 12.6. The molecule has 0 saturated carbocycles. The van der Waals surface area contributed by atoms with Crippen LogP contribution in [0.2, 0.25) is 5.02 Å². The van der Waals surface area contributed by atoms with E-state index >= 15 is 0 Å². The molecule has 4 aromatic rings. The van der Waals surface area contributed by atoms with Crippen molar-refractivity contribution in [3.63, 3.8) is 0 Å². The molecule has 10 heteroatoms. The van der Waals surface area contributed by atoms with Crippen LogP contribution in [0.1, 0.15) is 42.4 Å². The van der Waals surface area contributed by atoms with Gasteiger partial charge in [0.25, 0.3) is 5.56 Å². The summed E-state index contributed by atoms with van der Waals surface area (Å²) < 4.78 is 14.3. The minimum atomic E-state index is -0.557. The Balaban J connectivity index is 0.000000286. The van der Waals surface area contributed by atoms with E-state index < -0.39 is 6.17 Å². The number of aryl methyl sites for hydroxylation is 2. The number of nitrogen functional groups attached to an aromatic ring is 1. The predicted octanol–water partition coefficient (Wildman–Crippen LogP) is 4.39. The number of anilines is 1. The smallest absolute Gasteiger partial charge is 0.258 e. The highest BCUT2D eigenvalue weighted by Crippen LogP contribution is 2.23. The van der Waals surface area contributed by atoms with Gasteiger partial charge in [-0.3, -0.25) is 4.79 Å². The maximum atomic E-state index is 12.6. The van der Waals surface area contributed by atoms with E-state index in [1.54, 1.807) is 16.9 Å². The molecule has 1 fully saturated rings. The Labute approximate surface area is 214 Å². The second kappa shape index (κ2) is 11.2. The number of rotatable bonds is 4. The highest BCUT2D eigenvalue weighted by atomic mass is 35.5. The molecule has 0 radical (unpaired) electrons. The van der Waals surface area contributed by atoms with Crippen LogP contribution in [0.25, 0.3) is 16.7 Å². The first-order valence-corrected chi connectivity index (χ1v) is 12.4. The number of fused-ring (bicyclic) bond motifs is 1. The number of pyridine rings is 1. The van der Waals surface area contributed by atoms with E-state index in [0.717, 1.165) is 48.6 Å². The summed E-state index contributed by atoms with van der Waals surface area (Å²) in [5.74, 6) is 1.27. The van der Waals surface area contributed by atoms with Crippen molar-refractivity contribution in [1.29, 1.82) is 0 Å². The van der Waals surface area contributed by atoms with Crippen LogP contribution >= 0.6 is 11.6 Å². The number of hydrogen-bond acceptors (Lipinski definition) is 6. The molecule has 3 N–H and O–H groups in total. The second-order valence-electron chi connectivity index (χ2n) is 9.08. The fourth-order valence-electron chi connectivity index (χ4n) is 4.11. The summed E-state index contributed by atoms with van der Waals surface area (Å²) in [6, 6.07) is 6.97. The number of piperidine rings is 1. The van der Waals surface area contributed by atoms with E-state index in [4.69, 9.17) is 17.3 Å². The Kier molecular flexibility index (Phi) is 8.01. The summed E-state index contributed by atoms with van der Waals surface area (Å²) in [5, 5.41) is 5.18. The van der Waals surface area contributed by atoms with Crippen molar-refractivity contribution >= 4 is 28.2 Å². The number of halogens is 2.